The van der Waals surface area contributed by atoms with Gasteiger partial charge in [0.05, 0.1) is 19.1 Å². The van der Waals surface area contributed by atoms with Crippen molar-refractivity contribution in [2.24, 2.45) is 0 Å². The average molecular weight is 572 g/mol. The van der Waals surface area contributed by atoms with E-state index in [0.717, 1.165) is 28.1 Å². The van der Waals surface area contributed by atoms with E-state index in [1.54, 1.807) is 48.5 Å². The average Bonchev–Trinajstić information content (AvgIpc) is 2.93. The van der Waals surface area contributed by atoms with Gasteiger partial charge in [-0.3, -0.25) is 13.9 Å². The highest BCUT2D eigenvalue weighted by molar-refractivity contribution is 7.92. The van der Waals surface area contributed by atoms with Crippen LogP contribution in [0.25, 0.3) is 0 Å². The largest absolute Gasteiger partial charge is 0.495 e. The third-order valence-electron chi connectivity index (χ3n) is 6.12. The molecule has 3 aromatic rings. The molecule has 39 heavy (non-hydrogen) atoms. The normalized spacial score (nSPS) is 11.9. The maximum absolute atomic E-state index is 14.0. The number of hydrogen-bond donors (Lipinski definition) is 1. The van der Waals surface area contributed by atoms with Crippen LogP contribution in [0.15, 0.2) is 78.9 Å². The first-order chi connectivity index (χ1) is 18.6. The number of nitrogens with one attached hydrogen (secondary N) is 1. The van der Waals surface area contributed by atoms with Gasteiger partial charge in [-0.1, -0.05) is 73.1 Å². The van der Waals surface area contributed by atoms with Crippen LogP contribution in [-0.2, 0) is 32.6 Å². The van der Waals surface area contributed by atoms with Gasteiger partial charge in [0.2, 0.25) is 21.8 Å². The smallest absolute Gasteiger partial charge is 0.244 e. The van der Waals surface area contributed by atoms with Crippen LogP contribution in [0.2, 0.25) is 5.02 Å². The zero-order valence-corrected chi connectivity index (χ0v) is 23.9. The zero-order valence-electron chi connectivity index (χ0n) is 22.3. The molecule has 3 rings (SSSR count). The van der Waals surface area contributed by atoms with Crippen LogP contribution in [0.3, 0.4) is 0 Å². The number of para-hydroxylation sites is 2. The van der Waals surface area contributed by atoms with Crippen LogP contribution in [0.1, 0.15) is 24.5 Å². The fraction of sp³-hybridized carbons (Fsp3) is 0.310. The summed E-state index contributed by atoms with van der Waals surface area (Å²) >= 11 is 6.07. The number of sulfonamides is 1. The topological polar surface area (TPSA) is 96.0 Å². The van der Waals surface area contributed by atoms with Gasteiger partial charge in [0.15, 0.2) is 0 Å². The number of nitrogens with zero attached hydrogens (tertiary/aromatic N) is 2. The van der Waals surface area contributed by atoms with E-state index in [0.29, 0.717) is 17.3 Å². The predicted molar refractivity (Wildman–Crippen MR) is 154 cm³/mol. The lowest BCUT2D eigenvalue weighted by Gasteiger charge is -2.33. The Morgan fingerprint density at radius 2 is 1.59 bits per heavy atom. The minimum absolute atomic E-state index is 0.0799. The number of amides is 2. The molecular formula is C29H34ClN3O5S. The third kappa shape index (κ3) is 8.46. The second kappa shape index (κ2) is 14.0. The number of hydrogen-bond acceptors (Lipinski definition) is 5. The number of carbonyl (C=O) groups excluding carboxylic acids is 2. The number of benzene rings is 3. The van der Waals surface area contributed by atoms with Gasteiger partial charge in [-0.2, -0.15) is 0 Å². The summed E-state index contributed by atoms with van der Waals surface area (Å²) in [4.78, 5) is 28.9. The Hall–Kier alpha value is -3.56. The van der Waals surface area contributed by atoms with E-state index in [2.05, 4.69) is 5.32 Å². The number of methoxy groups -OCH3 is 1. The molecule has 0 aliphatic heterocycles. The fourth-order valence-electron chi connectivity index (χ4n) is 4.14. The second-order valence-corrected chi connectivity index (χ2v) is 11.4. The zero-order chi connectivity index (χ0) is 28.4. The molecule has 0 radical (unpaired) electrons. The van der Waals surface area contributed by atoms with Crippen molar-refractivity contribution in [3.63, 3.8) is 0 Å². The van der Waals surface area contributed by atoms with E-state index in [-0.39, 0.29) is 24.6 Å². The maximum Gasteiger partial charge on any atom is 0.244 e. The Labute approximate surface area is 235 Å². The van der Waals surface area contributed by atoms with E-state index in [1.165, 1.54) is 12.0 Å². The van der Waals surface area contributed by atoms with Crippen LogP contribution in [0.4, 0.5) is 5.69 Å². The van der Waals surface area contributed by atoms with Crippen molar-refractivity contribution in [2.45, 2.75) is 32.4 Å². The molecule has 0 saturated heterocycles. The second-order valence-electron chi connectivity index (χ2n) is 9.09. The monoisotopic (exact) mass is 571 g/mol. The van der Waals surface area contributed by atoms with Gasteiger partial charge in [0.25, 0.3) is 0 Å². The summed E-state index contributed by atoms with van der Waals surface area (Å²) in [5, 5.41) is 3.45. The Kier molecular flexibility index (Phi) is 10.8. The molecule has 0 aliphatic rings. The molecule has 1 unspecified atom stereocenters. The highest BCUT2D eigenvalue weighted by atomic mass is 35.5. The fourth-order valence-corrected chi connectivity index (χ4v) is 5.12. The minimum Gasteiger partial charge on any atom is -0.495 e. The van der Waals surface area contributed by atoms with E-state index in [1.807, 2.05) is 37.3 Å². The van der Waals surface area contributed by atoms with Crippen molar-refractivity contribution in [3.05, 3.63) is 95.0 Å². The standard InChI is InChI=1S/C29H34ClN3O5S/c1-4-18-31-29(35)26(19-22-10-6-5-7-11-22)32(20-23-14-16-24(30)17-15-23)28(34)21-33(39(3,36)37)25-12-8-9-13-27(25)38-2/h5-17,26H,4,18-21H2,1-3H3,(H,31,35). The number of anilines is 1. The van der Waals surface area contributed by atoms with Crippen LogP contribution in [-0.4, -0.2) is 57.6 Å². The van der Waals surface area contributed by atoms with Gasteiger partial charge in [0, 0.05) is 24.5 Å². The molecular weight excluding hydrogens is 538 g/mol. The Bertz CT molecular complexity index is 1350. The van der Waals surface area contributed by atoms with Crippen LogP contribution >= 0.6 is 11.6 Å². The van der Waals surface area contributed by atoms with Gasteiger partial charge >= 0.3 is 0 Å². The first-order valence-corrected chi connectivity index (χ1v) is 14.8. The molecule has 3 aromatic carbocycles. The Morgan fingerprint density at radius 3 is 2.21 bits per heavy atom. The van der Waals surface area contributed by atoms with Gasteiger partial charge in [-0.25, -0.2) is 8.42 Å². The molecule has 1 atom stereocenters. The lowest BCUT2D eigenvalue weighted by atomic mass is 10.0. The third-order valence-corrected chi connectivity index (χ3v) is 7.50. The highest BCUT2D eigenvalue weighted by Gasteiger charge is 2.33. The Balaban J connectivity index is 2.05. The van der Waals surface area contributed by atoms with Crippen molar-refractivity contribution in [3.8, 4) is 5.75 Å². The van der Waals surface area contributed by atoms with Gasteiger partial charge < -0.3 is 15.0 Å². The van der Waals surface area contributed by atoms with Gasteiger partial charge in [0.1, 0.15) is 18.3 Å². The molecule has 0 aromatic heterocycles. The number of rotatable bonds is 13. The van der Waals surface area contributed by atoms with E-state index >= 15 is 0 Å². The maximum atomic E-state index is 14.0. The molecule has 0 bridgehead atoms. The van der Waals surface area contributed by atoms with Crippen LogP contribution < -0.4 is 14.4 Å². The first kappa shape index (κ1) is 30.0. The molecule has 208 valence electrons. The highest BCUT2D eigenvalue weighted by Crippen LogP contribution is 2.30. The van der Waals surface area contributed by atoms with E-state index < -0.39 is 28.5 Å². The molecule has 10 heteroatoms. The number of ether oxygens (including phenoxy) is 1. The van der Waals surface area contributed by atoms with Crippen molar-refractivity contribution in [1.82, 2.24) is 10.2 Å². The summed E-state index contributed by atoms with van der Waals surface area (Å²) < 4.78 is 32.2. The summed E-state index contributed by atoms with van der Waals surface area (Å²) in [7, 11) is -2.46. The lowest BCUT2D eigenvalue weighted by Crippen LogP contribution is -2.53. The molecule has 2 amide bonds. The van der Waals surface area contributed by atoms with Crippen molar-refractivity contribution < 1.29 is 22.7 Å². The predicted octanol–water partition coefficient (Wildman–Crippen LogP) is 4.28. The van der Waals surface area contributed by atoms with E-state index in [9.17, 15) is 18.0 Å². The Morgan fingerprint density at radius 1 is 0.949 bits per heavy atom. The number of halogens is 1. The van der Waals surface area contributed by atoms with Crippen molar-refractivity contribution >= 4 is 39.1 Å². The molecule has 1 N–H and O–H groups in total. The summed E-state index contributed by atoms with van der Waals surface area (Å²) in [5.74, 6) is -0.540. The molecule has 0 heterocycles. The van der Waals surface area contributed by atoms with Crippen LogP contribution in [0.5, 0.6) is 5.75 Å². The summed E-state index contributed by atoms with van der Waals surface area (Å²) in [6, 6.07) is 22.1. The summed E-state index contributed by atoms with van der Waals surface area (Å²) in [5.41, 5.74) is 1.85. The SMILES string of the molecule is CCCNC(=O)C(Cc1ccccc1)N(Cc1ccc(Cl)cc1)C(=O)CN(c1ccccc1OC)S(C)(=O)=O. The van der Waals surface area contributed by atoms with Crippen LogP contribution in [0, 0.1) is 0 Å². The summed E-state index contributed by atoms with van der Waals surface area (Å²) in [6.07, 6.45) is 2.01. The molecule has 8 nitrogen and oxygen atoms in total. The van der Waals surface area contributed by atoms with Gasteiger partial charge in [-0.05, 0) is 41.8 Å². The quantitative estimate of drug-likeness (QED) is 0.330. The first-order valence-electron chi connectivity index (χ1n) is 12.6. The summed E-state index contributed by atoms with van der Waals surface area (Å²) in [6.45, 7) is 1.96. The molecule has 0 saturated carbocycles. The molecule has 0 spiro atoms. The number of carbonyl (C=O) groups is 2. The van der Waals surface area contributed by atoms with E-state index in [4.69, 9.17) is 16.3 Å². The minimum atomic E-state index is -3.89. The van der Waals surface area contributed by atoms with Crippen molar-refractivity contribution in [2.75, 3.05) is 30.8 Å². The van der Waals surface area contributed by atoms with Gasteiger partial charge in [-0.15, -0.1) is 0 Å². The molecule has 0 fully saturated rings. The molecule has 0 aliphatic carbocycles. The lowest BCUT2D eigenvalue weighted by molar-refractivity contribution is -0.140. The van der Waals surface area contributed by atoms with Crippen molar-refractivity contribution in [1.29, 1.82) is 0 Å².